The maximum atomic E-state index is 11.2. The number of benzene rings is 3. The van der Waals surface area contributed by atoms with Gasteiger partial charge < -0.3 is 30.6 Å². The van der Waals surface area contributed by atoms with Gasteiger partial charge in [-0.15, -0.1) is 0 Å². The highest BCUT2D eigenvalue weighted by Crippen LogP contribution is 2.28. The van der Waals surface area contributed by atoms with E-state index < -0.39 is 25.7 Å². The van der Waals surface area contributed by atoms with Crippen molar-refractivity contribution in [1.82, 2.24) is 25.3 Å². The molecule has 11 nitrogen and oxygen atoms in total. The van der Waals surface area contributed by atoms with Gasteiger partial charge >= 0.3 is 0 Å². The number of aliphatic hydroxyl groups excluding tert-OH is 4. The van der Waals surface area contributed by atoms with Crippen LogP contribution in [-0.2, 0) is 32.7 Å². The van der Waals surface area contributed by atoms with Crippen LogP contribution in [0.3, 0.4) is 0 Å². The summed E-state index contributed by atoms with van der Waals surface area (Å²) in [6.45, 7) is 10.8. The molecule has 1 fully saturated rings. The minimum absolute atomic E-state index is 0.201. The Bertz CT molecular complexity index is 1330. The third kappa shape index (κ3) is 11.8. The number of rotatable bonds is 14. The first-order valence-electron chi connectivity index (χ1n) is 17.0. The molecule has 3 aromatic rings. The Labute approximate surface area is 285 Å². The minimum atomic E-state index is -1.06. The summed E-state index contributed by atoms with van der Waals surface area (Å²) in [6.07, 6.45) is -0.163. The smallest absolute Gasteiger partial charge is 0.128 e. The second-order valence-corrected chi connectivity index (χ2v) is 13.0. The zero-order chi connectivity index (χ0) is 34.5. The van der Waals surface area contributed by atoms with Crippen molar-refractivity contribution in [2.45, 2.75) is 71.9 Å². The standard InChI is InChI=1S/C37H55N5O6/c1-27-16-30(20-38-34(45)25-43)36(47)32(18-27)23-41-12-6-10-40(22-29-8-4-3-5-9-29)11-7-13-42(15-14-41)24-33-19-28(2)17-31(37(33)48)21-39-35(46)26-44/h3-5,8-9,16-19,34-35,38-39,43-48H,6-7,10-15,20-26H2,1-2H3. The molecule has 2 atom stereocenters. The van der Waals surface area contributed by atoms with Gasteiger partial charge in [-0.3, -0.25) is 25.3 Å². The van der Waals surface area contributed by atoms with Crippen LogP contribution in [0.2, 0.25) is 0 Å². The number of aryl methyl sites for hydroxylation is 2. The Morgan fingerprint density at radius 3 is 1.40 bits per heavy atom. The van der Waals surface area contributed by atoms with Gasteiger partial charge in [-0.25, -0.2) is 0 Å². The predicted molar refractivity (Wildman–Crippen MR) is 187 cm³/mol. The molecule has 2 unspecified atom stereocenters. The lowest BCUT2D eigenvalue weighted by Crippen LogP contribution is -2.36. The van der Waals surface area contributed by atoms with Gasteiger partial charge in [-0.2, -0.15) is 0 Å². The molecule has 1 heterocycles. The van der Waals surface area contributed by atoms with Crippen LogP contribution in [0, 0.1) is 13.8 Å². The zero-order valence-electron chi connectivity index (χ0n) is 28.5. The molecular weight excluding hydrogens is 610 g/mol. The molecule has 1 aliphatic heterocycles. The van der Waals surface area contributed by atoms with Gasteiger partial charge in [0.15, 0.2) is 0 Å². The average molecular weight is 666 g/mol. The summed E-state index contributed by atoms with van der Waals surface area (Å²) in [5.74, 6) is 0.402. The van der Waals surface area contributed by atoms with E-state index in [9.17, 15) is 30.6 Å². The molecule has 0 saturated carbocycles. The quantitative estimate of drug-likeness (QED) is 0.120. The number of phenols is 2. The summed E-state index contributed by atoms with van der Waals surface area (Å²) in [7, 11) is 0. The van der Waals surface area contributed by atoms with Crippen molar-refractivity contribution in [2.24, 2.45) is 0 Å². The summed E-state index contributed by atoms with van der Waals surface area (Å²) in [4.78, 5) is 7.28. The first-order valence-corrected chi connectivity index (χ1v) is 17.0. The first-order chi connectivity index (χ1) is 23.1. The SMILES string of the molecule is Cc1cc(CNC(O)CO)c(O)c(CN2CCCN(Cc3ccccc3)CCCN(Cc3cc(C)cc(CNC(O)CO)c3O)CC2)c1. The molecule has 0 aromatic heterocycles. The fourth-order valence-corrected chi connectivity index (χ4v) is 6.42. The van der Waals surface area contributed by atoms with E-state index in [1.807, 2.05) is 44.2 Å². The highest BCUT2D eigenvalue weighted by atomic mass is 16.3. The van der Waals surface area contributed by atoms with Crippen molar-refractivity contribution in [3.63, 3.8) is 0 Å². The van der Waals surface area contributed by atoms with Gasteiger partial charge in [0.2, 0.25) is 0 Å². The third-order valence-corrected chi connectivity index (χ3v) is 8.89. The molecule has 1 saturated heterocycles. The molecule has 11 heteroatoms. The largest absolute Gasteiger partial charge is 0.507 e. The van der Waals surface area contributed by atoms with Crippen molar-refractivity contribution in [2.75, 3.05) is 52.5 Å². The van der Waals surface area contributed by atoms with Crippen LogP contribution in [0.1, 0.15) is 51.8 Å². The highest BCUT2D eigenvalue weighted by Gasteiger charge is 2.19. The lowest BCUT2D eigenvalue weighted by Gasteiger charge is -2.28. The lowest BCUT2D eigenvalue weighted by molar-refractivity contribution is 0.0663. The normalized spacial score (nSPS) is 17.2. The van der Waals surface area contributed by atoms with E-state index in [1.165, 1.54) is 5.56 Å². The highest BCUT2D eigenvalue weighted by molar-refractivity contribution is 5.44. The van der Waals surface area contributed by atoms with Crippen molar-refractivity contribution >= 4 is 0 Å². The Kier molecular flexibility index (Phi) is 15.1. The monoisotopic (exact) mass is 665 g/mol. The van der Waals surface area contributed by atoms with Crippen molar-refractivity contribution in [3.8, 4) is 11.5 Å². The third-order valence-electron chi connectivity index (χ3n) is 8.89. The molecule has 48 heavy (non-hydrogen) atoms. The second-order valence-electron chi connectivity index (χ2n) is 13.0. The molecule has 0 amide bonds. The Balaban J connectivity index is 1.54. The molecule has 264 valence electrons. The molecular formula is C37H55N5O6. The number of aliphatic hydroxyl groups is 4. The van der Waals surface area contributed by atoms with Crippen LogP contribution >= 0.6 is 0 Å². The maximum absolute atomic E-state index is 11.2. The van der Waals surface area contributed by atoms with Crippen molar-refractivity contribution < 1.29 is 30.6 Å². The van der Waals surface area contributed by atoms with Crippen LogP contribution in [0.25, 0.3) is 0 Å². The maximum Gasteiger partial charge on any atom is 0.128 e. The van der Waals surface area contributed by atoms with Gasteiger partial charge in [0.1, 0.15) is 24.0 Å². The summed E-state index contributed by atoms with van der Waals surface area (Å²) >= 11 is 0. The Morgan fingerprint density at radius 2 is 0.979 bits per heavy atom. The van der Waals surface area contributed by atoms with E-state index in [0.717, 1.165) is 80.9 Å². The van der Waals surface area contributed by atoms with Crippen LogP contribution in [-0.4, -0.2) is 110 Å². The number of phenolic OH excluding ortho intramolecular Hbond substituents is 2. The average Bonchev–Trinajstić information content (AvgIpc) is 3.11. The summed E-state index contributed by atoms with van der Waals surface area (Å²) < 4.78 is 0. The van der Waals surface area contributed by atoms with Gasteiger partial charge in [0, 0.05) is 68.1 Å². The summed E-state index contributed by atoms with van der Waals surface area (Å²) in [5.41, 5.74) is 6.32. The molecule has 0 spiro atoms. The van der Waals surface area contributed by atoms with E-state index in [1.54, 1.807) is 0 Å². The predicted octanol–water partition coefficient (Wildman–Crippen LogP) is 2.12. The molecule has 0 aliphatic carbocycles. The summed E-state index contributed by atoms with van der Waals surface area (Å²) in [6, 6.07) is 18.4. The lowest BCUT2D eigenvalue weighted by atomic mass is 10.0. The van der Waals surface area contributed by atoms with Gasteiger partial charge in [0.25, 0.3) is 0 Å². The number of nitrogens with zero attached hydrogens (tertiary/aromatic N) is 3. The number of nitrogens with one attached hydrogen (secondary N) is 2. The number of hydrogen-bond acceptors (Lipinski definition) is 11. The second kappa shape index (κ2) is 19.2. The van der Waals surface area contributed by atoms with E-state index in [4.69, 9.17) is 0 Å². The Hall–Kier alpha value is -3.10. The van der Waals surface area contributed by atoms with Crippen molar-refractivity contribution in [1.29, 1.82) is 0 Å². The van der Waals surface area contributed by atoms with Crippen LogP contribution in [0.5, 0.6) is 11.5 Å². The van der Waals surface area contributed by atoms with Gasteiger partial charge in [-0.1, -0.05) is 65.7 Å². The fourth-order valence-electron chi connectivity index (χ4n) is 6.42. The molecule has 4 rings (SSSR count). The molecule has 8 N–H and O–H groups in total. The van der Waals surface area contributed by atoms with Crippen molar-refractivity contribution in [3.05, 3.63) is 93.5 Å². The molecule has 0 radical (unpaired) electrons. The molecule has 3 aromatic carbocycles. The summed E-state index contributed by atoms with van der Waals surface area (Å²) in [5, 5.41) is 66.2. The topological polar surface area (TPSA) is 155 Å². The van der Waals surface area contributed by atoms with Gasteiger partial charge in [-0.05, 0) is 58.4 Å². The van der Waals surface area contributed by atoms with E-state index >= 15 is 0 Å². The van der Waals surface area contributed by atoms with E-state index in [2.05, 4.69) is 49.6 Å². The van der Waals surface area contributed by atoms with Crippen LogP contribution in [0.15, 0.2) is 54.6 Å². The minimum Gasteiger partial charge on any atom is -0.507 e. The van der Waals surface area contributed by atoms with Crippen LogP contribution < -0.4 is 10.6 Å². The fraction of sp³-hybridized carbons (Fsp3) is 0.514. The molecule has 0 bridgehead atoms. The van der Waals surface area contributed by atoms with Crippen LogP contribution in [0.4, 0.5) is 0 Å². The van der Waals surface area contributed by atoms with Gasteiger partial charge in [0.05, 0.1) is 13.2 Å². The van der Waals surface area contributed by atoms with E-state index in [-0.39, 0.29) is 24.6 Å². The number of hydrogen-bond donors (Lipinski definition) is 8. The zero-order valence-corrected chi connectivity index (χ0v) is 28.5. The number of aromatic hydroxyl groups is 2. The molecule has 1 aliphatic rings. The Morgan fingerprint density at radius 1 is 0.583 bits per heavy atom. The first kappa shape index (κ1) is 37.7. The van der Waals surface area contributed by atoms with E-state index in [0.29, 0.717) is 24.2 Å².